The summed E-state index contributed by atoms with van der Waals surface area (Å²) < 4.78 is 10.2. The number of carbonyl (C=O) groups excluding carboxylic acids is 2. The molecule has 3 aromatic rings. The fourth-order valence-electron chi connectivity index (χ4n) is 3.96. The van der Waals surface area contributed by atoms with Crippen LogP contribution in [-0.4, -0.2) is 43.3 Å². The number of esters is 1. The minimum absolute atomic E-state index is 0. The van der Waals surface area contributed by atoms with E-state index in [1.54, 1.807) is 18.9 Å². The fraction of sp³-hybridized carbons (Fsp3) is 0.308. The number of carbonyl (C=O) groups is 2. The number of fused-ring (bicyclic) bond motifs is 1. The normalized spacial score (nSPS) is 12.9. The van der Waals surface area contributed by atoms with Crippen LogP contribution in [0.25, 0.3) is 0 Å². The highest BCUT2D eigenvalue weighted by Crippen LogP contribution is 2.38. The van der Waals surface area contributed by atoms with E-state index < -0.39 is 5.97 Å². The molecule has 4 rings (SSSR count). The quantitative estimate of drug-likeness (QED) is 0.284. The van der Waals surface area contributed by atoms with Gasteiger partial charge in [0.05, 0.1) is 19.8 Å². The smallest absolute Gasteiger partial charge is 0.341 e. The first-order chi connectivity index (χ1) is 16.6. The second-order valence-electron chi connectivity index (χ2n) is 7.97. The number of benzene rings is 2. The van der Waals surface area contributed by atoms with Gasteiger partial charge in [0.1, 0.15) is 10.8 Å². The number of hydrogen-bond donors (Lipinski definition) is 1. The third kappa shape index (κ3) is 7.01. The number of thiophene rings is 1. The molecule has 1 aliphatic heterocycles. The van der Waals surface area contributed by atoms with Gasteiger partial charge in [-0.15, -0.1) is 35.5 Å². The lowest BCUT2D eigenvalue weighted by Gasteiger charge is -2.27. The monoisotopic (exact) mass is 532 g/mol. The molecule has 9 heteroatoms. The highest BCUT2D eigenvalue weighted by atomic mass is 35.5. The van der Waals surface area contributed by atoms with Crippen molar-refractivity contribution in [3.8, 4) is 5.75 Å². The van der Waals surface area contributed by atoms with E-state index in [0.29, 0.717) is 22.7 Å². The first kappa shape index (κ1) is 27.1. The molecule has 2 heterocycles. The topological polar surface area (TPSA) is 67.9 Å². The van der Waals surface area contributed by atoms with Crippen molar-refractivity contribution >= 4 is 52.4 Å². The van der Waals surface area contributed by atoms with Crippen molar-refractivity contribution in [3.05, 3.63) is 76.2 Å². The molecule has 0 atom stereocenters. The summed E-state index contributed by atoms with van der Waals surface area (Å²) in [5.41, 5.74) is 2.78. The third-order valence-electron chi connectivity index (χ3n) is 5.68. The van der Waals surface area contributed by atoms with Gasteiger partial charge in [0, 0.05) is 41.6 Å². The van der Waals surface area contributed by atoms with E-state index in [2.05, 4.69) is 22.3 Å². The second kappa shape index (κ2) is 13.0. The van der Waals surface area contributed by atoms with Gasteiger partial charge in [0.2, 0.25) is 5.91 Å². The molecule has 35 heavy (non-hydrogen) atoms. The van der Waals surface area contributed by atoms with Crippen molar-refractivity contribution in [1.82, 2.24) is 4.90 Å². The van der Waals surface area contributed by atoms with Crippen molar-refractivity contribution in [1.29, 1.82) is 0 Å². The minimum atomic E-state index is -0.392. The Kier molecular flexibility index (Phi) is 10.0. The average molecular weight is 533 g/mol. The van der Waals surface area contributed by atoms with E-state index in [0.717, 1.165) is 47.1 Å². The zero-order chi connectivity index (χ0) is 23.9. The van der Waals surface area contributed by atoms with Crippen LogP contribution in [0.3, 0.4) is 0 Å². The molecule has 0 aliphatic carbocycles. The molecular weight excluding hydrogens is 504 g/mol. The van der Waals surface area contributed by atoms with Crippen molar-refractivity contribution in [3.63, 3.8) is 0 Å². The molecule has 186 valence electrons. The van der Waals surface area contributed by atoms with E-state index in [1.165, 1.54) is 24.0 Å². The van der Waals surface area contributed by atoms with Gasteiger partial charge in [0.15, 0.2) is 0 Å². The SMILES string of the molecule is COC(=O)c1c(NC(=O)CCSc2ccc(OC)cc2)sc2c1CCN(Cc1ccccc1)C2.Cl. The summed E-state index contributed by atoms with van der Waals surface area (Å²) in [6.07, 6.45) is 1.10. The summed E-state index contributed by atoms with van der Waals surface area (Å²) in [4.78, 5) is 29.8. The van der Waals surface area contributed by atoms with Crippen LogP contribution in [-0.2, 0) is 29.0 Å². The lowest BCUT2D eigenvalue weighted by molar-refractivity contribution is -0.115. The van der Waals surface area contributed by atoms with E-state index in [1.807, 2.05) is 42.5 Å². The molecule has 1 N–H and O–H groups in total. The highest BCUT2D eigenvalue weighted by molar-refractivity contribution is 7.99. The predicted octanol–water partition coefficient (Wildman–Crippen LogP) is 5.64. The van der Waals surface area contributed by atoms with E-state index in [4.69, 9.17) is 9.47 Å². The van der Waals surface area contributed by atoms with Crippen LogP contribution >= 0.6 is 35.5 Å². The zero-order valence-electron chi connectivity index (χ0n) is 19.7. The van der Waals surface area contributed by atoms with Crippen LogP contribution in [0.2, 0.25) is 0 Å². The Morgan fingerprint density at radius 3 is 2.51 bits per heavy atom. The molecule has 0 unspecified atom stereocenters. The standard InChI is InChI=1S/C26H28N2O4S2.ClH/c1-31-19-8-10-20(11-9-19)33-15-13-23(29)27-25-24(26(30)32-2)21-12-14-28(17-22(21)34-25)16-18-6-4-3-5-7-18;/h3-11H,12-17H2,1-2H3,(H,27,29);1H. The molecule has 0 bridgehead atoms. The first-order valence-corrected chi connectivity index (χ1v) is 12.9. The molecule has 0 fully saturated rings. The lowest BCUT2D eigenvalue weighted by atomic mass is 10.0. The molecule has 6 nitrogen and oxygen atoms in total. The number of nitrogens with one attached hydrogen (secondary N) is 1. The maximum absolute atomic E-state index is 12.7. The van der Waals surface area contributed by atoms with Gasteiger partial charge in [-0.05, 0) is 41.8 Å². The molecule has 0 saturated carbocycles. The number of halogens is 1. The third-order valence-corrected chi connectivity index (χ3v) is 7.83. The Balaban J connectivity index is 0.00000342. The van der Waals surface area contributed by atoms with Crippen LogP contribution in [0.15, 0.2) is 59.5 Å². The van der Waals surface area contributed by atoms with Gasteiger partial charge in [-0.25, -0.2) is 4.79 Å². The fourth-order valence-corrected chi connectivity index (χ4v) is 6.11. The Labute approximate surface area is 220 Å². The largest absolute Gasteiger partial charge is 0.497 e. The van der Waals surface area contributed by atoms with Gasteiger partial charge >= 0.3 is 5.97 Å². The predicted molar refractivity (Wildman–Crippen MR) is 144 cm³/mol. The van der Waals surface area contributed by atoms with Crippen LogP contribution in [0.1, 0.15) is 32.8 Å². The average Bonchev–Trinajstić information content (AvgIpc) is 3.21. The molecule has 1 aromatic heterocycles. The highest BCUT2D eigenvalue weighted by Gasteiger charge is 2.29. The van der Waals surface area contributed by atoms with E-state index in [-0.39, 0.29) is 18.3 Å². The molecule has 0 radical (unpaired) electrons. The number of ether oxygens (including phenoxy) is 2. The van der Waals surface area contributed by atoms with Crippen molar-refractivity contribution < 1.29 is 19.1 Å². The molecule has 1 amide bonds. The molecule has 0 saturated heterocycles. The molecule has 1 aliphatic rings. The number of methoxy groups -OCH3 is 2. The number of rotatable bonds is 9. The Bertz CT molecular complexity index is 1140. The Hall–Kier alpha value is -2.52. The lowest BCUT2D eigenvalue weighted by Crippen LogP contribution is -2.29. The number of thioether (sulfide) groups is 1. The van der Waals surface area contributed by atoms with Gasteiger partial charge in [0.25, 0.3) is 0 Å². The maximum atomic E-state index is 12.7. The van der Waals surface area contributed by atoms with Crippen LogP contribution in [0, 0.1) is 0 Å². The van der Waals surface area contributed by atoms with Gasteiger partial charge in [-0.3, -0.25) is 9.69 Å². The number of nitrogens with zero attached hydrogens (tertiary/aromatic N) is 1. The summed E-state index contributed by atoms with van der Waals surface area (Å²) in [6.45, 7) is 2.46. The number of hydrogen-bond acceptors (Lipinski definition) is 7. The number of anilines is 1. The summed E-state index contributed by atoms with van der Waals surface area (Å²) in [5, 5.41) is 3.57. The summed E-state index contributed by atoms with van der Waals surface area (Å²) in [6, 6.07) is 18.1. The molecular formula is C26H29ClN2O4S2. The summed E-state index contributed by atoms with van der Waals surface area (Å²) in [7, 11) is 3.02. The van der Waals surface area contributed by atoms with Crippen molar-refractivity contribution in [2.75, 3.05) is 31.8 Å². The summed E-state index contributed by atoms with van der Waals surface area (Å²) >= 11 is 3.10. The Morgan fingerprint density at radius 1 is 1.09 bits per heavy atom. The van der Waals surface area contributed by atoms with Crippen LogP contribution in [0.4, 0.5) is 5.00 Å². The van der Waals surface area contributed by atoms with Gasteiger partial charge in [-0.2, -0.15) is 0 Å². The van der Waals surface area contributed by atoms with Crippen molar-refractivity contribution in [2.45, 2.75) is 30.8 Å². The van der Waals surface area contributed by atoms with E-state index in [9.17, 15) is 9.59 Å². The Morgan fingerprint density at radius 2 is 1.83 bits per heavy atom. The molecule has 0 spiro atoms. The maximum Gasteiger partial charge on any atom is 0.341 e. The van der Waals surface area contributed by atoms with Crippen molar-refractivity contribution in [2.24, 2.45) is 0 Å². The molecule has 2 aromatic carbocycles. The number of amides is 1. The van der Waals surface area contributed by atoms with Crippen LogP contribution in [0.5, 0.6) is 5.75 Å². The van der Waals surface area contributed by atoms with E-state index >= 15 is 0 Å². The second-order valence-corrected chi connectivity index (χ2v) is 10.2. The zero-order valence-corrected chi connectivity index (χ0v) is 22.2. The first-order valence-electron chi connectivity index (χ1n) is 11.1. The summed E-state index contributed by atoms with van der Waals surface area (Å²) in [5.74, 6) is 0.950. The van der Waals surface area contributed by atoms with Crippen LogP contribution < -0.4 is 10.1 Å². The van der Waals surface area contributed by atoms with Gasteiger partial charge in [-0.1, -0.05) is 30.3 Å². The van der Waals surface area contributed by atoms with Gasteiger partial charge < -0.3 is 14.8 Å². The minimum Gasteiger partial charge on any atom is -0.497 e.